The molecule has 10 heteroatoms. The van der Waals surface area contributed by atoms with Gasteiger partial charge in [0.25, 0.3) is 16.0 Å². The number of hydrogen-bond acceptors (Lipinski definition) is 7. The van der Waals surface area contributed by atoms with Crippen LogP contribution in [0.1, 0.15) is 10.4 Å². The molecule has 0 fully saturated rings. The largest absolute Gasteiger partial charge is 0.478 e. The standard InChI is InChI=1S/C7H4B2N4O4/c8-12-10-4-2(7(16)17)1-3(14)5(6(4)15)11-13-9/h1,12-13H,(H,16,17)/b10-4?,11-5+. The summed E-state index contributed by atoms with van der Waals surface area (Å²) in [7, 11) is 9.70. The molecule has 0 atom stereocenters. The van der Waals surface area contributed by atoms with Gasteiger partial charge in [-0.3, -0.25) is 9.59 Å². The number of hydrogen-bond donors (Lipinski definition) is 3. The first-order valence-corrected chi connectivity index (χ1v) is 4.14. The summed E-state index contributed by atoms with van der Waals surface area (Å²) in [6.07, 6.45) is 0. The van der Waals surface area contributed by atoms with E-state index >= 15 is 0 Å². The molecule has 0 bridgehead atoms. The highest BCUT2D eigenvalue weighted by Crippen LogP contribution is 1.81. The maximum atomic E-state index is 11.7. The van der Waals surface area contributed by atoms with E-state index in [-0.39, 0.29) is 0 Å². The first-order chi connectivity index (χ1) is 8.02. The third-order valence-electron chi connectivity index (χ3n) is 1.78. The maximum Gasteiger partial charge on any atom is 0.338 e. The highest BCUT2D eigenvalue weighted by Gasteiger charge is 2.13. The number of benzene rings is 1. The van der Waals surface area contributed by atoms with Gasteiger partial charge in [-0.05, 0) is 0 Å². The molecule has 8 nitrogen and oxygen atoms in total. The lowest BCUT2D eigenvalue weighted by Crippen LogP contribution is -2.51. The molecule has 0 heterocycles. The molecule has 0 unspecified atom stereocenters. The second kappa shape index (κ2) is 5.10. The Morgan fingerprint density at radius 3 is 2.18 bits per heavy atom. The van der Waals surface area contributed by atoms with E-state index in [9.17, 15) is 14.4 Å². The van der Waals surface area contributed by atoms with Crippen LogP contribution in [0.15, 0.2) is 25.9 Å². The first kappa shape index (κ1) is 12.7. The smallest absolute Gasteiger partial charge is 0.338 e. The Bertz CT molecular complexity index is 662. The molecule has 0 saturated carbocycles. The Kier molecular flexibility index (Phi) is 3.81. The first-order valence-electron chi connectivity index (χ1n) is 4.14. The third-order valence-corrected chi connectivity index (χ3v) is 1.78. The summed E-state index contributed by atoms with van der Waals surface area (Å²) in [6, 6.07) is 0.704. The third kappa shape index (κ3) is 2.41. The highest BCUT2D eigenvalue weighted by atomic mass is 16.4. The van der Waals surface area contributed by atoms with Crippen molar-refractivity contribution in [2.75, 3.05) is 0 Å². The van der Waals surface area contributed by atoms with Crippen molar-refractivity contribution in [3.05, 3.63) is 42.8 Å². The molecule has 82 valence electrons. The molecule has 17 heavy (non-hydrogen) atoms. The van der Waals surface area contributed by atoms with Crippen LogP contribution in [0, 0.1) is 0 Å². The molecule has 1 rings (SSSR count). The summed E-state index contributed by atoms with van der Waals surface area (Å²) in [4.78, 5) is 33.8. The van der Waals surface area contributed by atoms with Gasteiger partial charge in [0, 0.05) is 6.07 Å². The Morgan fingerprint density at radius 2 is 1.71 bits per heavy atom. The van der Waals surface area contributed by atoms with E-state index < -0.39 is 33.1 Å². The number of carboxylic acid groups (broad SMARTS) is 1. The lowest BCUT2D eigenvalue weighted by Gasteiger charge is -1.95. The maximum absolute atomic E-state index is 11.7. The molecule has 4 radical (unpaired) electrons. The molecule has 0 saturated heterocycles. The number of nitrogens with one attached hydrogen (secondary N) is 2. The van der Waals surface area contributed by atoms with Crippen LogP contribution in [0.5, 0.6) is 0 Å². The van der Waals surface area contributed by atoms with Crippen LogP contribution in [0.4, 0.5) is 0 Å². The number of rotatable bonds is 3. The van der Waals surface area contributed by atoms with Crippen LogP contribution >= 0.6 is 0 Å². The predicted octanol–water partition coefficient (Wildman–Crippen LogP) is -4.04. The Hall–Kier alpha value is -2.38. The van der Waals surface area contributed by atoms with Gasteiger partial charge in [-0.2, -0.15) is 10.2 Å². The van der Waals surface area contributed by atoms with Crippen molar-refractivity contribution in [1.29, 1.82) is 0 Å². The van der Waals surface area contributed by atoms with Gasteiger partial charge in [0.2, 0.25) is 10.9 Å². The SMILES string of the molecule is [B]NN=c1c(C(=O)O)cc(=O)/c(=N\N[B])c1=O. The van der Waals surface area contributed by atoms with Crippen LogP contribution < -0.4 is 32.2 Å². The monoisotopic (exact) mass is 230 g/mol. The molecule has 1 aromatic rings. The Balaban J connectivity index is 3.92. The van der Waals surface area contributed by atoms with Crippen molar-refractivity contribution >= 4 is 21.9 Å². The van der Waals surface area contributed by atoms with Gasteiger partial charge in [0.05, 0.1) is 5.56 Å². The summed E-state index contributed by atoms with van der Waals surface area (Å²) in [6.45, 7) is 0. The highest BCUT2D eigenvalue weighted by molar-refractivity contribution is 6.04. The predicted molar refractivity (Wildman–Crippen MR) is 57.2 cm³/mol. The van der Waals surface area contributed by atoms with Crippen LogP contribution in [0.2, 0.25) is 0 Å². The minimum Gasteiger partial charge on any atom is -0.478 e. The van der Waals surface area contributed by atoms with Crippen molar-refractivity contribution in [3.63, 3.8) is 0 Å². The van der Waals surface area contributed by atoms with Crippen molar-refractivity contribution in [2.45, 2.75) is 0 Å². The number of nitrogens with zero attached hydrogens (tertiary/aromatic N) is 2. The zero-order valence-corrected chi connectivity index (χ0v) is 8.30. The topological polar surface area (TPSA) is 120 Å². The van der Waals surface area contributed by atoms with E-state index in [1.807, 2.05) is 0 Å². The molecular formula is C7H4B2N4O4. The van der Waals surface area contributed by atoms with Crippen LogP contribution in [0.25, 0.3) is 0 Å². The fourth-order valence-corrected chi connectivity index (χ4v) is 1.12. The van der Waals surface area contributed by atoms with E-state index in [1.165, 1.54) is 0 Å². The van der Waals surface area contributed by atoms with Gasteiger partial charge in [0.1, 0.15) is 5.36 Å². The summed E-state index contributed by atoms with van der Waals surface area (Å²) in [5.74, 6) is -1.49. The van der Waals surface area contributed by atoms with E-state index in [2.05, 4.69) is 10.2 Å². The molecule has 0 aliphatic rings. The van der Waals surface area contributed by atoms with Gasteiger partial charge < -0.3 is 15.8 Å². The van der Waals surface area contributed by atoms with Gasteiger partial charge in [0.15, 0.2) is 5.36 Å². The quantitative estimate of drug-likeness (QED) is 0.359. The fraction of sp³-hybridized carbons (Fsp3) is 0. The molecule has 3 N–H and O–H groups in total. The van der Waals surface area contributed by atoms with Crippen molar-refractivity contribution < 1.29 is 9.90 Å². The van der Waals surface area contributed by atoms with Crippen molar-refractivity contribution in [2.24, 2.45) is 10.2 Å². The molecule has 0 aliphatic heterocycles. The van der Waals surface area contributed by atoms with Gasteiger partial charge in [-0.25, -0.2) is 4.79 Å². The fourth-order valence-electron chi connectivity index (χ4n) is 1.12. The molecule has 0 aliphatic carbocycles. The summed E-state index contributed by atoms with van der Waals surface area (Å²) in [5, 5.41) is 17.7. The number of aromatic carboxylic acids is 1. The lowest BCUT2D eigenvalue weighted by molar-refractivity contribution is 0.0694. The Morgan fingerprint density at radius 1 is 1.18 bits per heavy atom. The molecule has 0 spiro atoms. The zero-order chi connectivity index (χ0) is 13.0. The normalized spacial score (nSPS) is 12.5. The minimum absolute atomic E-state index is 0.534. The lowest BCUT2D eigenvalue weighted by atomic mass is 10.2. The second-order valence-electron chi connectivity index (χ2n) is 2.74. The minimum atomic E-state index is -1.49. The number of carbonyl (C=O) groups is 1. The number of carboxylic acids is 1. The van der Waals surface area contributed by atoms with Crippen LogP contribution in [0.3, 0.4) is 0 Å². The zero-order valence-electron chi connectivity index (χ0n) is 8.30. The van der Waals surface area contributed by atoms with E-state index in [4.69, 9.17) is 21.1 Å². The van der Waals surface area contributed by atoms with Crippen LogP contribution in [-0.4, -0.2) is 27.0 Å². The summed E-state index contributed by atoms with van der Waals surface area (Å²) >= 11 is 0. The van der Waals surface area contributed by atoms with E-state index in [0.29, 0.717) is 6.07 Å². The van der Waals surface area contributed by atoms with Crippen molar-refractivity contribution in [1.82, 2.24) is 10.7 Å². The van der Waals surface area contributed by atoms with Gasteiger partial charge in [-0.15, -0.1) is 0 Å². The summed E-state index contributed by atoms with van der Waals surface area (Å²) < 4.78 is 0. The van der Waals surface area contributed by atoms with Gasteiger partial charge >= 0.3 is 5.97 Å². The second-order valence-corrected chi connectivity index (χ2v) is 2.74. The summed E-state index contributed by atoms with van der Waals surface area (Å²) in [5.41, 5.74) is -2.46. The van der Waals surface area contributed by atoms with Gasteiger partial charge in [-0.1, -0.05) is 0 Å². The van der Waals surface area contributed by atoms with Crippen LogP contribution in [-0.2, 0) is 0 Å². The van der Waals surface area contributed by atoms with E-state index in [0.717, 1.165) is 0 Å². The molecule has 1 aromatic carbocycles. The van der Waals surface area contributed by atoms with E-state index in [1.54, 1.807) is 10.7 Å². The molecular weight excluding hydrogens is 226 g/mol. The average Bonchev–Trinajstić information content (AvgIpc) is 2.27. The average molecular weight is 230 g/mol. The molecule has 0 amide bonds. The van der Waals surface area contributed by atoms with Crippen molar-refractivity contribution in [3.8, 4) is 0 Å². The molecule has 0 aromatic heterocycles. The Labute approximate surface area is 96.3 Å².